The van der Waals surface area contributed by atoms with E-state index in [4.69, 9.17) is 9.84 Å². The molecule has 0 aliphatic heterocycles. The topological polar surface area (TPSA) is 75.6 Å². The molecule has 7 heteroatoms. The number of anilines is 1. The first-order valence-electron chi connectivity index (χ1n) is 9.76. The Kier molecular flexibility index (Phi) is 6.67. The molecule has 0 bridgehead atoms. The van der Waals surface area contributed by atoms with Crippen LogP contribution in [0.2, 0.25) is 0 Å². The van der Waals surface area contributed by atoms with Crippen molar-refractivity contribution >= 4 is 59.9 Å². The van der Waals surface area contributed by atoms with Gasteiger partial charge in [0, 0.05) is 9.40 Å². The molecule has 4 rings (SSSR count). The van der Waals surface area contributed by atoms with Gasteiger partial charge in [0.05, 0.1) is 0 Å². The minimum absolute atomic E-state index is 0.405. The highest BCUT2D eigenvalue weighted by Gasteiger charge is 2.18. The van der Waals surface area contributed by atoms with Crippen LogP contribution < -0.4 is 5.32 Å². The zero-order valence-electron chi connectivity index (χ0n) is 18.1. The molecule has 0 spiro atoms. The largest absolute Gasteiger partial charge is 0.477 e. The maximum absolute atomic E-state index is 11.7. The average Bonchev–Trinajstić information content (AvgIpc) is 3.19. The predicted molar refractivity (Wildman–Crippen MR) is 130 cm³/mol. The minimum atomic E-state index is -0.835. The van der Waals surface area contributed by atoms with Crippen LogP contribution in [0.15, 0.2) is 48.5 Å². The average molecular weight is 456 g/mol. The van der Waals surface area contributed by atoms with E-state index in [0.29, 0.717) is 4.88 Å². The standard InChI is InChI=1S/C14H17NO2S.C10H8O2S/c1-9-10-7-5-6-8-11(10)18-12(9)15-13(16)17-14(2,3)4;1-6-7-4-2-3-5-8(7)13-9(6)10(11)12/h5-8H,1-4H3,(H,15,16);2-5H,1H3,(H,11,12). The summed E-state index contributed by atoms with van der Waals surface area (Å²) in [4.78, 5) is 23.0. The lowest BCUT2D eigenvalue weighted by Gasteiger charge is -2.19. The van der Waals surface area contributed by atoms with Gasteiger partial charge in [0.15, 0.2) is 0 Å². The van der Waals surface area contributed by atoms with Gasteiger partial charge in [-0.3, -0.25) is 5.32 Å². The molecule has 0 radical (unpaired) electrons. The molecule has 162 valence electrons. The Balaban J connectivity index is 0.000000185. The number of fused-ring (bicyclic) bond motifs is 2. The molecule has 1 amide bonds. The van der Waals surface area contributed by atoms with Crippen molar-refractivity contribution in [2.75, 3.05) is 5.32 Å². The smallest absolute Gasteiger partial charge is 0.412 e. The van der Waals surface area contributed by atoms with Crippen LogP contribution in [0.25, 0.3) is 20.2 Å². The van der Waals surface area contributed by atoms with Gasteiger partial charge in [0.1, 0.15) is 15.5 Å². The summed E-state index contributed by atoms with van der Waals surface area (Å²) in [5.41, 5.74) is 1.48. The number of ether oxygens (including phenoxy) is 1. The molecule has 2 aromatic carbocycles. The summed E-state index contributed by atoms with van der Waals surface area (Å²) in [6, 6.07) is 15.8. The normalized spacial score (nSPS) is 11.1. The van der Waals surface area contributed by atoms with Crippen molar-refractivity contribution in [3.05, 3.63) is 64.5 Å². The van der Waals surface area contributed by atoms with E-state index in [1.807, 2.05) is 77.1 Å². The van der Waals surface area contributed by atoms with Gasteiger partial charge in [-0.2, -0.15) is 0 Å². The maximum Gasteiger partial charge on any atom is 0.412 e. The fourth-order valence-corrected chi connectivity index (χ4v) is 5.21. The molecule has 2 aromatic heterocycles. The number of rotatable bonds is 2. The van der Waals surface area contributed by atoms with Crippen molar-refractivity contribution < 1.29 is 19.4 Å². The lowest BCUT2D eigenvalue weighted by molar-refractivity contribution is 0.0634. The maximum atomic E-state index is 11.7. The number of hydrogen-bond donors (Lipinski definition) is 2. The highest BCUT2D eigenvalue weighted by molar-refractivity contribution is 7.23. The van der Waals surface area contributed by atoms with Crippen molar-refractivity contribution in [1.29, 1.82) is 0 Å². The number of carbonyl (C=O) groups excluding carboxylic acids is 1. The van der Waals surface area contributed by atoms with E-state index < -0.39 is 17.7 Å². The van der Waals surface area contributed by atoms with Gasteiger partial charge in [-0.05, 0) is 68.7 Å². The predicted octanol–water partition coefficient (Wildman–Crippen LogP) is 7.46. The Hall–Kier alpha value is -2.90. The van der Waals surface area contributed by atoms with E-state index >= 15 is 0 Å². The number of nitrogens with one attached hydrogen (secondary N) is 1. The zero-order chi connectivity index (χ0) is 22.8. The van der Waals surface area contributed by atoms with Crippen molar-refractivity contribution in [3.63, 3.8) is 0 Å². The highest BCUT2D eigenvalue weighted by atomic mass is 32.1. The number of thiophene rings is 2. The minimum Gasteiger partial charge on any atom is -0.477 e. The Labute approximate surface area is 189 Å². The SMILES string of the molecule is Cc1c(C(=O)O)sc2ccccc12.Cc1c(NC(=O)OC(C)(C)C)sc2ccccc12. The number of aromatic carboxylic acids is 1. The van der Waals surface area contributed by atoms with Crippen LogP contribution >= 0.6 is 22.7 Å². The van der Waals surface area contributed by atoms with Crippen molar-refractivity contribution in [3.8, 4) is 0 Å². The number of carboxylic acid groups (broad SMARTS) is 1. The second kappa shape index (κ2) is 9.08. The monoisotopic (exact) mass is 455 g/mol. The summed E-state index contributed by atoms with van der Waals surface area (Å²) in [5.74, 6) is -0.835. The summed E-state index contributed by atoms with van der Waals surface area (Å²) < 4.78 is 7.46. The fraction of sp³-hybridized carbons (Fsp3) is 0.250. The molecule has 4 aromatic rings. The summed E-state index contributed by atoms with van der Waals surface area (Å²) in [7, 11) is 0. The van der Waals surface area contributed by atoms with Gasteiger partial charge in [0.25, 0.3) is 0 Å². The van der Waals surface area contributed by atoms with Gasteiger partial charge >= 0.3 is 12.1 Å². The fourth-order valence-electron chi connectivity index (χ4n) is 3.07. The van der Waals surface area contributed by atoms with E-state index in [2.05, 4.69) is 11.4 Å². The number of carbonyl (C=O) groups is 2. The Morgan fingerprint density at radius 2 is 1.39 bits per heavy atom. The molecule has 0 fully saturated rings. The van der Waals surface area contributed by atoms with Crippen molar-refractivity contribution in [2.24, 2.45) is 0 Å². The van der Waals surface area contributed by atoms with Crippen LogP contribution in [0.3, 0.4) is 0 Å². The molecule has 2 heterocycles. The molecule has 0 saturated carbocycles. The third-order valence-electron chi connectivity index (χ3n) is 4.50. The Morgan fingerprint density at radius 3 is 1.87 bits per heavy atom. The van der Waals surface area contributed by atoms with Crippen LogP contribution in [-0.4, -0.2) is 22.8 Å². The lowest BCUT2D eigenvalue weighted by Crippen LogP contribution is -2.27. The van der Waals surface area contributed by atoms with Crippen LogP contribution in [0, 0.1) is 13.8 Å². The first-order valence-corrected chi connectivity index (χ1v) is 11.4. The van der Waals surface area contributed by atoms with Crippen LogP contribution in [-0.2, 0) is 4.74 Å². The Morgan fingerprint density at radius 1 is 0.871 bits per heavy atom. The van der Waals surface area contributed by atoms with E-state index in [9.17, 15) is 9.59 Å². The number of aryl methyl sites for hydroxylation is 2. The third-order valence-corrected chi connectivity index (χ3v) is 6.95. The Bertz CT molecular complexity index is 1250. The van der Waals surface area contributed by atoms with Gasteiger partial charge in [-0.15, -0.1) is 22.7 Å². The number of carboxylic acids is 1. The first kappa shape index (κ1) is 22.8. The van der Waals surface area contributed by atoms with Crippen LogP contribution in [0.5, 0.6) is 0 Å². The quantitative estimate of drug-likeness (QED) is 0.329. The summed E-state index contributed by atoms with van der Waals surface area (Å²) in [6.07, 6.45) is -0.405. The first-order chi connectivity index (χ1) is 14.6. The molecule has 5 nitrogen and oxygen atoms in total. The molecule has 0 saturated heterocycles. The van der Waals surface area contributed by atoms with Gasteiger partial charge in [-0.1, -0.05) is 36.4 Å². The molecular formula is C24H25NO4S2. The molecule has 0 aliphatic carbocycles. The second-order valence-electron chi connectivity index (χ2n) is 8.04. The number of amides is 1. The second-order valence-corrected chi connectivity index (χ2v) is 10.1. The van der Waals surface area contributed by atoms with Crippen LogP contribution in [0.1, 0.15) is 41.6 Å². The van der Waals surface area contributed by atoms with Crippen LogP contribution in [0.4, 0.5) is 9.80 Å². The molecular weight excluding hydrogens is 430 g/mol. The van der Waals surface area contributed by atoms with E-state index in [1.165, 1.54) is 21.4 Å². The molecule has 0 atom stereocenters. The van der Waals surface area contributed by atoms with E-state index in [0.717, 1.165) is 26.2 Å². The van der Waals surface area contributed by atoms with Crippen molar-refractivity contribution in [2.45, 2.75) is 40.2 Å². The van der Waals surface area contributed by atoms with Gasteiger partial charge in [-0.25, -0.2) is 9.59 Å². The summed E-state index contributed by atoms with van der Waals surface area (Å²) in [6.45, 7) is 9.41. The number of hydrogen-bond acceptors (Lipinski definition) is 5. The highest BCUT2D eigenvalue weighted by Crippen LogP contribution is 2.35. The van der Waals surface area contributed by atoms with E-state index in [1.54, 1.807) is 11.3 Å². The molecule has 0 aliphatic rings. The zero-order valence-corrected chi connectivity index (χ0v) is 19.7. The van der Waals surface area contributed by atoms with Gasteiger partial charge < -0.3 is 9.84 Å². The molecule has 2 N–H and O–H groups in total. The van der Waals surface area contributed by atoms with E-state index in [-0.39, 0.29) is 0 Å². The lowest BCUT2D eigenvalue weighted by atomic mass is 10.1. The summed E-state index contributed by atoms with van der Waals surface area (Å²) in [5, 5.41) is 14.8. The third kappa shape index (κ3) is 5.42. The molecule has 31 heavy (non-hydrogen) atoms. The summed E-state index contributed by atoms with van der Waals surface area (Å²) >= 11 is 2.90. The van der Waals surface area contributed by atoms with Gasteiger partial charge in [0.2, 0.25) is 0 Å². The van der Waals surface area contributed by atoms with Crippen molar-refractivity contribution in [1.82, 2.24) is 0 Å². The molecule has 0 unspecified atom stereocenters. The number of benzene rings is 2.